The largest absolute Gasteiger partial charge is 0.482 e. The molecule has 0 aromatic heterocycles. The molecule has 2 amide bonds. The molecule has 0 saturated heterocycles. The van der Waals surface area contributed by atoms with Gasteiger partial charge in [-0.05, 0) is 24.3 Å². The number of benzene rings is 2. The number of ether oxygens (including phenoxy) is 1. The highest BCUT2D eigenvalue weighted by molar-refractivity contribution is 6.35. The van der Waals surface area contributed by atoms with Crippen molar-refractivity contribution in [2.45, 2.75) is 6.04 Å². The first-order valence-electron chi connectivity index (χ1n) is 7.84. The van der Waals surface area contributed by atoms with E-state index in [1.165, 1.54) is 36.5 Å². The van der Waals surface area contributed by atoms with E-state index in [1.54, 1.807) is 6.07 Å². The third-order valence-electron chi connectivity index (χ3n) is 3.66. The number of nitrogens with one attached hydrogen (secondary N) is 2. The van der Waals surface area contributed by atoms with Gasteiger partial charge >= 0.3 is 0 Å². The number of nitro benzene ring substituents is 1. The second-order valence-corrected chi connectivity index (χ2v) is 6.48. The molecule has 144 valence electrons. The predicted molar refractivity (Wildman–Crippen MR) is 104 cm³/mol. The minimum Gasteiger partial charge on any atom is -0.482 e. The first-order valence-corrected chi connectivity index (χ1v) is 8.60. The monoisotopic (exact) mass is 422 g/mol. The number of carbonyl (C=O) groups is 2. The quantitative estimate of drug-likeness (QED) is 0.565. The first-order chi connectivity index (χ1) is 13.3. The number of aliphatic imine (C=N–C) groups is 1. The molecular weight excluding hydrogens is 411 g/mol. The topological polar surface area (TPSA) is 123 Å². The fraction of sp³-hybridized carbons (Fsp3) is 0.118. The molecule has 0 unspecified atom stereocenters. The van der Waals surface area contributed by atoms with Crippen molar-refractivity contribution in [1.82, 2.24) is 5.32 Å². The van der Waals surface area contributed by atoms with Crippen LogP contribution in [-0.4, -0.2) is 35.6 Å². The standard InChI is InChI=1S/C17H12Cl2N4O5/c18-9-1-4-15(11(19)5-9)28-8-16(24)21-14-7-20-12-3-2-10(23(26)27)6-13(12)22-17(14)25/h1-7,14H,8H2,(H,21,24)(H,22,25)/t14-/m0/s1. The van der Waals surface area contributed by atoms with Crippen LogP contribution < -0.4 is 15.4 Å². The summed E-state index contributed by atoms with van der Waals surface area (Å²) in [6, 6.07) is 7.33. The summed E-state index contributed by atoms with van der Waals surface area (Å²) in [6.07, 6.45) is 1.24. The lowest BCUT2D eigenvalue weighted by Crippen LogP contribution is -2.46. The predicted octanol–water partition coefficient (Wildman–Crippen LogP) is 3.12. The molecule has 0 spiro atoms. The van der Waals surface area contributed by atoms with Crippen molar-refractivity contribution in [3.8, 4) is 5.75 Å². The molecule has 2 N–H and O–H groups in total. The molecule has 1 atom stereocenters. The molecule has 1 heterocycles. The molecule has 0 fully saturated rings. The molecule has 28 heavy (non-hydrogen) atoms. The van der Waals surface area contributed by atoms with Crippen LogP contribution in [0.15, 0.2) is 41.4 Å². The SMILES string of the molecule is O=C(COc1ccc(Cl)cc1Cl)N[C@H]1C=Nc2ccc([N+](=O)[O-])cc2NC1=O. The molecule has 2 aromatic rings. The summed E-state index contributed by atoms with van der Waals surface area (Å²) in [7, 11) is 0. The smallest absolute Gasteiger partial charge is 0.271 e. The Morgan fingerprint density at radius 2 is 2.07 bits per heavy atom. The number of fused-ring (bicyclic) bond motifs is 1. The van der Waals surface area contributed by atoms with Gasteiger partial charge in [0.05, 0.1) is 21.3 Å². The second-order valence-electron chi connectivity index (χ2n) is 5.63. The Bertz CT molecular complexity index is 996. The third kappa shape index (κ3) is 4.56. The van der Waals surface area contributed by atoms with Crippen LogP contribution in [-0.2, 0) is 9.59 Å². The highest BCUT2D eigenvalue weighted by Gasteiger charge is 2.24. The van der Waals surface area contributed by atoms with E-state index in [4.69, 9.17) is 27.9 Å². The molecule has 3 rings (SSSR count). The van der Waals surface area contributed by atoms with Crippen molar-refractivity contribution in [3.63, 3.8) is 0 Å². The van der Waals surface area contributed by atoms with Crippen LogP contribution in [0.1, 0.15) is 0 Å². The molecule has 1 aliphatic heterocycles. The summed E-state index contributed by atoms with van der Waals surface area (Å²) in [5.41, 5.74) is 0.321. The van der Waals surface area contributed by atoms with Crippen molar-refractivity contribution in [3.05, 3.63) is 56.6 Å². The number of nitro groups is 1. The van der Waals surface area contributed by atoms with Crippen molar-refractivity contribution in [1.29, 1.82) is 0 Å². The van der Waals surface area contributed by atoms with Gasteiger partial charge < -0.3 is 15.4 Å². The maximum atomic E-state index is 12.3. The Hall–Kier alpha value is -3.17. The van der Waals surface area contributed by atoms with Crippen LogP contribution in [0.25, 0.3) is 0 Å². The fourth-order valence-corrected chi connectivity index (χ4v) is 2.80. The lowest BCUT2D eigenvalue weighted by molar-refractivity contribution is -0.384. The van der Waals surface area contributed by atoms with Crippen LogP contribution in [0.4, 0.5) is 17.1 Å². The lowest BCUT2D eigenvalue weighted by Gasteiger charge is -2.13. The van der Waals surface area contributed by atoms with Crippen molar-refractivity contribution in [2.24, 2.45) is 4.99 Å². The van der Waals surface area contributed by atoms with Crippen LogP contribution in [0.5, 0.6) is 5.75 Å². The van der Waals surface area contributed by atoms with Crippen molar-refractivity contribution >= 4 is 58.3 Å². The third-order valence-corrected chi connectivity index (χ3v) is 4.19. The summed E-state index contributed by atoms with van der Waals surface area (Å²) in [6.45, 7) is -0.391. The molecular formula is C17H12Cl2N4O5. The summed E-state index contributed by atoms with van der Waals surface area (Å²) >= 11 is 11.8. The van der Waals surface area contributed by atoms with E-state index in [2.05, 4.69) is 15.6 Å². The molecule has 11 heteroatoms. The number of nitrogens with zero attached hydrogens (tertiary/aromatic N) is 2. The minimum atomic E-state index is -1.08. The fourth-order valence-electron chi connectivity index (χ4n) is 2.34. The Morgan fingerprint density at radius 1 is 1.29 bits per heavy atom. The van der Waals surface area contributed by atoms with Gasteiger partial charge in [0.1, 0.15) is 11.8 Å². The van der Waals surface area contributed by atoms with E-state index >= 15 is 0 Å². The number of anilines is 1. The molecule has 1 aliphatic rings. The zero-order valence-electron chi connectivity index (χ0n) is 14.0. The van der Waals surface area contributed by atoms with Crippen LogP contribution in [0.2, 0.25) is 10.0 Å². The van der Waals surface area contributed by atoms with E-state index in [0.717, 1.165) is 0 Å². The van der Waals surface area contributed by atoms with Gasteiger partial charge in [0.15, 0.2) is 6.61 Å². The summed E-state index contributed by atoms with van der Waals surface area (Å²) in [5, 5.41) is 16.5. The van der Waals surface area contributed by atoms with Crippen molar-refractivity contribution in [2.75, 3.05) is 11.9 Å². The van der Waals surface area contributed by atoms with Gasteiger partial charge in [0.25, 0.3) is 17.5 Å². The number of hydrogen-bond donors (Lipinski definition) is 2. The molecule has 0 saturated carbocycles. The van der Waals surface area contributed by atoms with Gasteiger partial charge in [0.2, 0.25) is 0 Å². The number of halogens is 2. The van der Waals surface area contributed by atoms with Gasteiger partial charge in [0, 0.05) is 23.4 Å². The van der Waals surface area contributed by atoms with Gasteiger partial charge in [-0.1, -0.05) is 23.2 Å². The zero-order valence-corrected chi connectivity index (χ0v) is 15.5. The van der Waals surface area contributed by atoms with Crippen molar-refractivity contribution < 1.29 is 19.2 Å². The second kappa shape index (κ2) is 8.24. The Morgan fingerprint density at radius 3 is 2.79 bits per heavy atom. The van der Waals surface area contributed by atoms with E-state index in [9.17, 15) is 19.7 Å². The van der Waals surface area contributed by atoms with E-state index in [-0.39, 0.29) is 22.1 Å². The maximum absolute atomic E-state index is 12.3. The number of hydrogen-bond acceptors (Lipinski definition) is 6. The molecule has 9 nitrogen and oxygen atoms in total. The molecule has 0 bridgehead atoms. The maximum Gasteiger partial charge on any atom is 0.271 e. The van der Waals surface area contributed by atoms with Crippen LogP contribution >= 0.6 is 23.2 Å². The van der Waals surface area contributed by atoms with Crippen LogP contribution in [0, 0.1) is 10.1 Å². The highest BCUT2D eigenvalue weighted by atomic mass is 35.5. The number of amides is 2. The summed E-state index contributed by atoms with van der Waals surface area (Å²) in [5.74, 6) is -0.921. The van der Waals surface area contributed by atoms with Gasteiger partial charge in [-0.2, -0.15) is 0 Å². The van der Waals surface area contributed by atoms with Crippen LogP contribution in [0.3, 0.4) is 0 Å². The molecule has 2 aromatic carbocycles. The highest BCUT2D eigenvalue weighted by Crippen LogP contribution is 2.30. The lowest BCUT2D eigenvalue weighted by atomic mass is 10.2. The normalized spacial score (nSPS) is 15.2. The molecule has 0 radical (unpaired) electrons. The van der Waals surface area contributed by atoms with E-state index in [1.807, 2.05) is 0 Å². The van der Waals surface area contributed by atoms with Gasteiger partial charge in [-0.15, -0.1) is 0 Å². The number of carbonyl (C=O) groups excluding carboxylic acids is 2. The average molecular weight is 423 g/mol. The first kappa shape index (κ1) is 19.6. The van der Waals surface area contributed by atoms with E-state index in [0.29, 0.717) is 10.7 Å². The average Bonchev–Trinajstić information content (AvgIpc) is 2.79. The molecule has 0 aliphatic carbocycles. The van der Waals surface area contributed by atoms with Gasteiger partial charge in [-0.25, -0.2) is 0 Å². The zero-order chi connectivity index (χ0) is 20.3. The van der Waals surface area contributed by atoms with E-state index < -0.39 is 29.4 Å². The summed E-state index contributed by atoms with van der Waals surface area (Å²) < 4.78 is 5.31. The Kier molecular flexibility index (Phi) is 5.76. The minimum absolute atomic E-state index is 0.177. The Labute approximate surface area is 168 Å². The number of non-ortho nitro benzene ring substituents is 1. The Balaban J connectivity index is 1.64. The summed E-state index contributed by atoms with van der Waals surface area (Å²) in [4.78, 5) is 38.8. The van der Waals surface area contributed by atoms with Gasteiger partial charge in [-0.3, -0.25) is 24.7 Å². The number of rotatable bonds is 5.